The molecule has 1 fully saturated rings. The van der Waals surface area contributed by atoms with E-state index in [2.05, 4.69) is 5.32 Å². The average molecular weight is 553 g/mol. The zero-order valence-corrected chi connectivity index (χ0v) is 22.8. The molecule has 2 N–H and O–H groups in total. The van der Waals surface area contributed by atoms with Crippen LogP contribution in [0.25, 0.3) is 0 Å². The van der Waals surface area contributed by atoms with Crippen molar-refractivity contribution in [3.05, 3.63) is 65.2 Å². The molecule has 1 aliphatic rings. The second-order valence-electron chi connectivity index (χ2n) is 10.2. The zero-order valence-electron chi connectivity index (χ0n) is 22.8. The van der Waals surface area contributed by atoms with E-state index in [0.717, 1.165) is 12.1 Å². The minimum Gasteiger partial charge on any atom is -0.496 e. The number of alkyl halides is 3. The normalized spacial score (nSPS) is 21.7. The number of amides is 1. The van der Waals surface area contributed by atoms with Crippen molar-refractivity contribution in [2.24, 2.45) is 5.92 Å². The first-order valence-electron chi connectivity index (χ1n) is 12.5. The summed E-state index contributed by atoms with van der Waals surface area (Å²) in [6.45, 7) is 6.65. The molecule has 0 aromatic heterocycles. The number of nitrogens with zero attached hydrogens (tertiary/aromatic N) is 1. The van der Waals surface area contributed by atoms with E-state index in [0.29, 0.717) is 5.56 Å². The predicted molar refractivity (Wildman–Crippen MR) is 137 cm³/mol. The molecule has 4 atom stereocenters. The summed E-state index contributed by atoms with van der Waals surface area (Å²) in [5.41, 5.74) is -1.06. The molecule has 1 saturated heterocycles. The molecule has 8 nitrogen and oxygen atoms in total. The van der Waals surface area contributed by atoms with Gasteiger partial charge in [0.15, 0.2) is 0 Å². The fourth-order valence-electron chi connectivity index (χ4n) is 5.20. The highest BCUT2D eigenvalue weighted by Gasteiger charge is 2.60. The Balaban J connectivity index is 2.17. The highest BCUT2D eigenvalue weighted by atomic mass is 19.4. The van der Waals surface area contributed by atoms with Gasteiger partial charge in [0, 0.05) is 31.2 Å². The topological polar surface area (TPSA) is 97.3 Å². The summed E-state index contributed by atoms with van der Waals surface area (Å²) >= 11 is 0. The maximum absolute atomic E-state index is 13.5. The number of methoxy groups -OCH3 is 2. The molecule has 214 valence electrons. The number of hydrogen-bond acceptors (Lipinski definition) is 6. The summed E-state index contributed by atoms with van der Waals surface area (Å²) in [4.78, 5) is 27.4. The van der Waals surface area contributed by atoms with Gasteiger partial charge in [-0.1, -0.05) is 30.3 Å². The number of carbonyl (C=O) groups is 2. The van der Waals surface area contributed by atoms with Crippen LogP contribution >= 0.6 is 0 Å². The summed E-state index contributed by atoms with van der Waals surface area (Å²) in [6, 6.07) is 9.05. The summed E-state index contributed by atoms with van der Waals surface area (Å²) < 4.78 is 56.9. The van der Waals surface area contributed by atoms with Crippen LogP contribution in [0.1, 0.15) is 50.4 Å². The molecule has 0 saturated carbocycles. The van der Waals surface area contributed by atoms with Gasteiger partial charge in [0.05, 0.1) is 30.4 Å². The van der Waals surface area contributed by atoms with E-state index >= 15 is 0 Å². The predicted octanol–water partition coefficient (Wildman–Crippen LogP) is 5.27. The minimum absolute atomic E-state index is 0.100. The third-order valence-electron chi connectivity index (χ3n) is 7.07. The van der Waals surface area contributed by atoms with Gasteiger partial charge in [-0.2, -0.15) is 13.2 Å². The van der Waals surface area contributed by atoms with E-state index in [1.807, 2.05) is 0 Å². The zero-order chi connectivity index (χ0) is 29.1. The van der Waals surface area contributed by atoms with Crippen LogP contribution in [-0.4, -0.2) is 60.1 Å². The molecule has 1 amide bonds. The fraction of sp³-hybridized carbons (Fsp3) is 0.500. The molecule has 1 aliphatic heterocycles. The maximum atomic E-state index is 13.5. The van der Waals surface area contributed by atoms with E-state index in [1.165, 1.54) is 25.2 Å². The van der Waals surface area contributed by atoms with Gasteiger partial charge in [-0.05, 0) is 51.5 Å². The van der Waals surface area contributed by atoms with Crippen LogP contribution < -0.4 is 10.1 Å². The van der Waals surface area contributed by atoms with Gasteiger partial charge in [0.1, 0.15) is 11.8 Å². The van der Waals surface area contributed by atoms with Crippen molar-refractivity contribution in [2.45, 2.75) is 70.2 Å². The third kappa shape index (κ3) is 6.47. The van der Waals surface area contributed by atoms with E-state index < -0.39 is 59.6 Å². The molecular formula is C28H35F3N2O6. The van der Waals surface area contributed by atoms with Gasteiger partial charge < -0.3 is 24.6 Å². The molecule has 2 aromatic rings. The Morgan fingerprint density at radius 3 is 2.23 bits per heavy atom. The number of hydrogen-bond donors (Lipinski definition) is 2. The van der Waals surface area contributed by atoms with Crippen molar-refractivity contribution in [3.8, 4) is 5.75 Å². The van der Waals surface area contributed by atoms with E-state index in [9.17, 15) is 27.9 Å². The second-order valence-corrected chi connectivity index (χ2v) is 10.2. The van der Waals surface area contributed by atoms with Crippen molar-refractivity contribution in [2.75, 3.05) is 14.2 Å². The van der Waals surface area contributed by atoms with E-state index in [1.54, 1.807) is 58.0 Å². The van der Waals surface area contributed by atoms with Crippen LogP contribution in [0, 0.1) is 5.92 Å². The lowest BCUT2D eigenvalue weighted by atomic mass is 9.79. The number of rotatable bonds is 9. The number of carboxylic acids is 1. The third-order valence-corrected chi connectivity index (χ3v) is 7.07. The first-order chi connectivity index (χ1) is 18.2. The van der Waals surface area contributed by atoms with Crippen LogP contribution in [0.2, 0.25) is 0 Å². The van der Waals surface area contributed by atoms with Gasteiger partial charge in [0.2, 0.25) is 0 Å². The maximum Gasteiger partial charge on any atom is 0.416 e. The van der Waals surface area contributed by atoms with Crippen molar-refractivity contribution in [1.82, 2.24) is 10.2 Å². The fourth-order valence-corrected chi connectivity index (χ4v) is 5.20. The lowest BCUT2D eigenvalue weighted by molar-refractivity contribution is -0.147. The molecule has 0 aliphatic carbocycles. The number of halogens is 3. The molecule has 11 heteroatoms. The van der Waals surface area contributed by atoms with Gasteiger partial charge in [-0.25, -0.2) is 9.59 Å². The Kier molecular flexibility index (Phi) is 9.17. The summed E-state index contributed by atoms with van der Waals surface area (Å²) in [5.74, 6) is -1.85. The molecule has 0 spiro atoms. The van der Waals surface area contributed by atoms with Gasteiger partial charge in [-0.3, -0.25) is 4.90 Å². The lowest BCUT2D eigenvalue weighted by Crippen LogP contribution is -2.52. The van der Waals surface area contributed by atoms with Gasteiger partial charge >= 0.3 is 18.2 Å². The molecule has 0 bridgehead atoms. The largest absolute Gasteiger partial charge is 0.496 e. The van der Waals surface area contributed by atoms with Gasteiger partial charge in [-0.15, -0.1) is 0 Å². The van der Waals surface area contributed by atoms with E-state index in [-0.39, 0.29) is 17.9 Å². The number of aliphatic carboxylic acids is 1. The summed E-state index contributed by atoms with van der Waals surface area (Å²) in [5, 5.41) is 13.7. The standard InChI is InChI=1S/C28H35F3N2O6/c1-16(2)39-26(36)33-23(17-10-8-7-9-11-17)22(21(24(33)25(34)35)27(3,4)38-6)32-15-18-14-19(28(29,30)31)12-13-20(18)37-5/h7-14,16,21-24,32H,15H2,1-6H3,(H,34,35)/t21-,22-,23-,24-/m0/s1. The molecule has 1 heterocycles. The highest BCUT2D eigenvalue weighted by molar-refractivity contribution is 5.82. The molecule has 3 rings (SSSR count). The average Bonchev–Trinajstić information content (AvgIpc) is 3.23. The monoisotopic (exact) mass is 552 g/mol. The van der Waals surface area contributed by atoms with Crippen LogP contribution in [0.3, 0.4) is 0 Å². The van der Waals surface area contributed by atoms with Crippen molar-refractivity contribution >= 4 is 12.1 Å². The number of nitrogens with one attached hydrogen (secondary N) is 1. The molecule has 0 unspecified atom stereocenters. The molecule has 39 heavy (non-hydrogen) atoms. The highest BCUT2D eigenvalue weighted by Crippen LogP contribution is 2.47. The number of likely N-dealkylation sites (tertiary alicyclic amines) is 1. The number of ether oxygens (including phenoxy) is 3. The smallest absolute Gasteiger partial charge is 0.416 e. The number of benzene rings is 2. The lowest BCUT2D eigenvalue weighted by Gasteiger charge is -2.37. The van der Waals surface area contributed by atoms with Gasteiger partial charge in [0.25, 0.3) is 0 Å². The Hall–Kier alpha value is -3.31. The number of carbonyl (C=O) groups excluding carboxylic acids is 1. The Bertz CT molecular complexity index is 1160. The Morgan fingerprint density at radius 2 is 1.72 bits per heavy atom. The summed E-state index contributed by atoms with van der Waals surface area (Å²) in [6.07, 6.45) is -5.89. The Labute approximate surface area is 226 Å². The van der Waals surface area contributed by atoms with Crippen molar-refractivity contribution < 1.29 is 42.1 Å². The number of carboxylic acid groups (broad SMARTS) is 1. The molecular weight excluding hydrogens is 517 g/mol. The Morgan fingerprint density at radius 1 is 1.08 bits per heavy atom. The second kappa shape index (κ2) is 11.8. The van der Waals surface area contributed by atoms with Crippen LogP contribution in [0.15, 0.2) is 48.5 Å². The quantitative estimate of drug-likeness (QED) is 0.438. The van der Waals surface area contributed by atoms with Crippen LogP contribution in [0.4, 0.5) is 18.0 Å². The van der Waals surface area contributed by atoms with Crippen LogP contribution in [0.5, 0.6) is 5.75 Å². The first kappa shape index (κ1) is 30.2. The molecule has 0 radical (unpaired) electrons. The van der Waals surface area contributed by atoms with Crippen LogP contribution in [-0.2, 0) is 27.0 Å². The van der Waals surface area contributed by atoms with Crippen molar-refractivity contribution in [1.29, 1.82) is 0 Å². The SMILES string of the molecule is COc1ccc(C(F)(F)F)cc1CN[C@H]1[C@H](C(C)(C)OC)[C@@H](C(=O)O)N(C(=O)OC(C)C)[C@H]1c1ccccc1. The first-order valence-corrected chi connectivity index (χ1v) is 12.5. The molecule has 2 aromatic carbocycles. The summed E-state index contributed by atoms with van der Waals surface area (Å²) in [7, 11) is 2.80. The van der Waals surface area contributed by atoms with E-state index in [4.69, 9.17) is 14.2 Å². The van der Waals surface area contributed by atoms with Crippen molar-refractivity contribution in [3.63, 3.8) is 0 Å². The minimum atomic E-state index is -4.56.